The molecule has 0 radical (unpaired) electrons. The smallest absolute Gasteiger partial charge is 0.256 e. The molecule has 6 heteroatoms. The standard InChI is InChI=1S/C16H17N5O/c22-16-12-4-2-1-3-11(12)15-13(18-16)5-6-14(19-15)21-8-10-7-20(21)9-17-10/h3-6,10,17H,1-2,7-9H2,(H,18,22). The Kier molecular flexibility index (Phi) is 2.48. The number of aromatic amines is 1. The number of hydrogen-bond acceptors (Lipinski definition) is 5. The van der Waals surface area contributed by atoms with Crippen LogP contribution < -0.4 is 26.3 Å². The Hall–Kier alpha value is -2.18. The van der Waals surface area contributed by atoms with Crippen molar-refractivity contribution in [1.82, 2.24) is 20.3 Å². The van der Waals surface area contributed by atoms with Crippen LogP contribution in [0.4, 0.5) is 5.82 Å². The lowest BCUT2D eigenvalue weighted by molar-refractivity contribution is 0.321. The highest BCUT2D eigenvalue weighted by atomic mass is 16.1. The summed E-state index contributed by atoms with van der Waals surface area (Å²) in [5.74, 6) is 0.963. The van der Waals surface area contributed by atoms with Crippen molar-refractivity contribution in [2.75, 3.05) is 24.8 Å². The minimum absolute atomic E-state index is 0.0128. The van der Waals surface area contributed by atoms with Crippen molar-refractivity contribution in [3.05, 3.63) is 32.9 Å². The van der Waals surface area contributed by atoms with Crippen LogP contribution in [0.5, 0.6) is 0 Å². The molecular weight excluding hydrogens is 278 g/mol. The van der Waals surface area contributed by atoms with Gasteiger partial charge >= 0.3 is 0 Å². The molecule has 5 rings (SSSR count). The van der Waals surface area contributed by atoms with Crippen LogP contribution in [0.2, 0.25) is 0 Å². The van der Waals surface area contributed by atoms with E-state index in [0.717, 1.165) is 59.9 Å². The van der Waals surface area contributed by atoms with Gasteiger partial charge in [-0.15, -0.1) is 0 Å². The van der Waals surface area contributed by atoms with Gasteiger partial charge in [0.05, 0.1) is 24.2 Å². The summed E-state index contributed by atoms with van der Waals surface area (Å²) in [7, 11) is 0. The molecule has 0 amide bonds. The lowest BCUT2D eigenvalue weighted by Gasteiger charge is -2.30. The summed E-state index contributed by atoms with van der Waals surface area (Å²) in [5, 5.41) is 9.74. The molecule has 4 heterocycles. The van der Waals surface area contributed by atoms with E-state index in [-0.39, 0.29) is 5.56 Å². The average Bonchev–Trinajstić information content (AvgIpc) is 3.18. The lowest BCUT2D eigenvalue weighted by Crippen LogP contribution is -2.46. The summed E-state index contributed by atoms with van der Waals surface area (Å²) in [6.45, 7) is 2.89. The number of pyridine rings is 2. The van der Waals surface area contributed by atoms with Crippen molar-refractivity contribution in [3.63, 3.8) is 0 Å². The molecule has 112 valence electrons. The van der Waals surface area contributed by atoms with Crippen LogP contribution in [0.3, 0.4) is 0 Å². The summed E-state index contributed by atoms with van der Waals surface area (Å²) >= 11 is 0. The first kappa shape index (κ1) is 12.4. The minimum Gasteiger partial charge on any atom is -0.320 e. The van der Waals surface area contributed by atoms with Gasteiger partial charge in [-0.05, 0) is 25.0 Å². The maximum absolute atomic E-state index is 12.2. The van der Waals surface area contributed by atoms with E-state index in [9.17, 15) is 4.79 Å². The zero-order chi connectivity index (χ0) is 14.7. The molecule has 2 bridgehead atoms. The maximum Gasteiger partial charge on any atom is 0.256 e. The highest BCUT2D eigenvalue weighted by Crippen LogP contribution is 2.23. The van der Waals surface area contributed by atoms with E-state index >= 15 is 0 Å². The van der Waals surface area contributed by atoms with Crippen LogP contribution in [0.15, 0.2) is 16.9 Å². The van der Waals surface area contributed by atoms with Gasteiger partial charge in [0.15, 0.2) is 0 Å². The van der Waals surface area contributed by atoms with Gasteiger partial charge in [-0.25, -0.2) is 9.99 Å². The zero-order valence-corrected chi connectivity index (χ0v) is 12.2. The first-order chi connectivity index (χ1) is 10.8. The Morgan fingerprint density at radius 2 is 2.00 bits per heavy atom. The number of fused-ring (bicyclic) bond motifs is 5. The molecule has 2 atom stereocenters. The van der Waals surface area contributed by atoms with Gasteiger partial charge < -0.3 is 4.98 Å². The van der Waals surface area contributed by atoms with Gasteiger partial charge in [-0.1, -0.05) is 12.2 Å². The van der Waals surface area contributed by atoms with Crippen molar-refractivity contribution in [1.29, 1.82) is 0 Å². The molecule has 2 fully saturated rings. The maximum atomic E-state index is 12.2. The van der Waals surface area contributed by atoms with Crippen molar-refractivity contribution >= 4 is 29.0 Å². The molecule has 2 unspecified atom stereocenters. The number of aromatic nitrogens is 2. The molecule has 1 aliphatic carbocycles. The minimum atomic E-state index is -0.0128. The fourth-order valence-electron chi connectivity index (χ4n) is 3.69. The van der Waals surface area contributed by atoms with E-state index in [1.165, 1.54) is 0 Å². The molecule has 6 nitrogen and oxygen atoms in total. The molecule has 2 N–H and O–H groups in total. The number of hydrazine groups is 1. The Morgan fingerprint density at radius 3 is 2.77 bits per heavy atom. The second kappa shape index (κ2) is 4.41. The summed E-state index contributed by atoms with van der Waals surface area (Å²) in [6, 6.07) is 4.50. The Labute approximate surface area is 126 Å². The number of anilines is 1. The molecule has 0 spiro atoms. The van der Waals surface area contributed by atoms with Crippen LogP contribution in [0.1, 0.15) is 12.8 Å². The number of H-pyrrole nitrogens is 1. The molecule has 0 aromatic carbocycles. The zero-order valence-electron chi connectivity index (χ0n) is 12.2. The van der Waals surface area contributed by atoms with Crippen LogP contribution in [0, 0.1) is 0 Å². The molecule has 2 aliphatic heterocycles. The highest BCUT2D eigenvalue weighted by molar-refractivity contribution is 5.78. The third-order valence-corrected chi connectivity index (χ3v) is 4.78. The molecule has 3 aliphatic rings. The summed E-state index contributed by atoms with van der Waals surface area (Å²) in [6.07, 6.45) is 6.06. The van der Waals surface area contributed by atoms with Gasteiger partial charge in [0.25, 0.3) is 5.56 Å². The number of nitrogens with zero attached hydrogens (tertiary/aromatic N) is 3. The van der Waals surface area contributed by atoms with Crippen LogP contribution in [0.25, 0.3) is 23.2 Å². The fraction of sp³-hybridized carbons (Fsp3) is 0.375. The molecule has 2 saturated heterocycles. The van der Waals surface area contributed by atoms with Crippen molar-refractivity contribution in [2.45, 2.75) is 18.9 Å². The number of nitrogens with one attached hydrogen (secondary N) is 2. The highest BCUT2D eigenvalue weighted by Gasteiger charge is 2.36. The van der Waals surface area contributed by atoms with E-state index in [1.54, 1.807) is 0 Å². The Bertz CT molecular complexity index is 947. The van der Waals surface area contributed by atoms with Crippen molar-refractivity contribution < 1.29 is 0 Å². The summed E-state index contributed by atoms with van der Waals surface area (Å²) in [5.41, 5.74) is 1.71. The van der Waals surface area contributed by atoms with E-state index in [1.807, 2.05) is 18.2 Å². The largest absolute Gasteiger partial charge is 0.320 e. The second-order valence-corrected chi connectivity index (χ2v) is 6.16. The van der Waals surface area contributed by atoms with E-state index < -0.39 is 0 Å². The van der Waals surface area contributed by atoms with Crippen LogP contribution in [-0.2, 0) is 0 Å². The normalized spacial score (nSPS) is 25.9. The Morgan fingerprint density at radius 1 is 1.14 bits per heavy atom. The van der Waals surface area contributed by atoms with Crippen molar-refractivity contribution in [3.8, 4) is 0 Å². The van der Waals surface area contributed by atoms with Crippen molar-refractivity contribution in [2.24, 2.45) is 0 Å². The van der Waals surface area contributed by atoms with Crippen LogP contribution in [-0.4, -0.2) is 40.8 Å². The SMILES string of the molecule is O=c1[nH]c2ccc(N3CC4CN3CN4)nc2c2c1=CCCC=2. The number of hydrogen-bond donors (Lipinski definition) is 2. The topological polar surface area (TPSA) is 64.3 Å². The summed E-state index contributed by atoms with van der Waals surface area (Å²) in [4.78, 5) is 20.0. The number of rotatable bonds is 1. The van der Waals surface area contributed by atoms with E-state index in [4.69, 9.17) is 4.98 Å². The van der Waals surface area contributed by atoms with Gasteiger partial charge in [0.2, 0.25) is 0 Å². The fourth-order valence-corrected chi connectivity index (χ4v) is 3.69. The lowest BCUT2D eigenvalue weighted by atomic mass is 10.1. The molecule has 0 saturated carbocycles. The van der Waals surface area contributed by atoms with Crippen LogP contribution >= 0.6 is 0 Å². The monoisotopic (exact) mass is 295 g/mol. The quantitative estimate of drug-likeness (QED) is 0.724. The molecule has 2 aromatic heterocycles. The van der Waals surface area contributed by atoms with E-state index in [2.05, 4.69) is 26.4 Å². The van der Waals surface area contributed by atoms with Gasteiger partial charge in [-0.2, -0.15) is 0 Å². The predicted molar refractivity (Wildman–Crippen MR) is 85.6 cm³/mol. The van der Waals surface area contributed by atoms with Gasteiger partial charge in [-0.3, -0.25) is 15.1 Å². The van der Waals surface area contributed by atoms with Gasteiger partial charge in [0.1, 0.15) is 5.82 Å². The Balaban J connectivity index is 1.74. The third kappa shape index (κ3) is 1.68. The molecule has 2 aromatic rings. The first-order valence-electron chi connectivity index (χ1n) is 7.79. The first-order valence-corrected chi connectivity index (χ1v) is 7.79. The molecular formula is C16H17N5O. The average molecular weight is 295 g/mol. The van der Waals surface area contributed by atoms with E-state index in [0.29, 0.717) is 6.04 Å². The van der Waals surface area contributed by atoms with Gasteiger partial charge in [0, 0.05) is 23.0 Å². The third-order valence-electron chi connectivity index (χ3n) is 4.78. The molecule has 22 heavy (non-hydrogen) atoms. The second-order valence-electron chi connectivity index (χ2n) is 6.16. The summed E-state index contributed by atoms with van der Waals surface area (Å²) < 4.78 is 0. The predicted octanol–water partition coefficient (Wildman–Crippen LogP) is -0.756.